The molecule has 4 aliphatic carbocycles. The smallest absolute Gasteiger partial charge is 0.318 e. The molecule has 4 rings (SSSR count). The molecule has 0 saturated heterocycles. The quantitative estimate of drug-likeness (QED) is 0.785. The van der Waals surface area contributed by atoms with E-state index < -0.39 is 0 Å². The van der Waals surface area contributed by atoms with E-state index in [2.05, 4.69) is 5.32 Å². The van der Waals surface area contributed by atoms with Crippen molar-refractivity contribution in [1.82, 2.24) is 10.2 Å². The largest absolute Gasteiger partial charge is 0.392 e. The van der Waals surface area contributed by atoms with Gasteiger partial charge in [-0.25, -0.2) is 4.79 Å². The first-order valence-corrected chi connectivity index (χ1v) is 8.14. The molecule has 0 aromatic carbocycles. The lowest BCUT2D eigenvalue weighted by Gasteiger charge is -2.57. The van der Waals surface area contributed by atoms with Crippen LogP contribution in [0.4, 0.5) is 4.79 Å². The maximum Gasteiger partial charge on any atom is 0.318 e. The van der Waals surface area contributed by atoms with Crippen molar-refractivity contribution in [3.63, 3.8) is 0 Å². The van der Waals surface area contributed by atoms with Crippen LogP contribution < -0.4 is 11.1 Å². The number of carbonyl (C=O) groups is 1. The number of nitrogens with two attached hydrogens (primary N) is 1. The van der Waals surface area contributed by atoms with Crippen LogP contribution in [0.1, 0.15) is 45.4 Å². The lowest BCUT2D eigenvalue weighted by molar-refractivity contribution is -0.0154. The first-order chi connectivity index (χ1) is 9.38. The molecule has 4 saturated carbocycles. The Bertz CT molecular complexity index is 402. The lowest BCUT2D eigenvalue weighted by Crippen LogP contribution is -2.62. The van der Waals surface area contributed by atoms with Gasteiger partial charge in [-0.15, -0.1) is 0 Å². The first kappa shape index (κ1) is 14.1. The highest BCUT2D eigenvalue weighted by molar-refractivity contribution is 7.80. The molecule has 0 aromatic rings. The Hall–Kier alpha value is -0.840. The van der Waals surface area contributed by atoms with Crippen molar-refractivity contribution in [2.45, 2.75) is 57.0 Å². The molecule has 4 bridgehead atoms. The molecule has 3 N–H and O–H groups in total. The van der Waals surface area contributed by atoms with Crippen molar-refractivity contribution in [2.75, 3.05) is 7.05 Å². The molecule has 0 aliphatic heterocycles. The number of nitrogens with one attached hydrogen (secondary N) is 1. The maximum atomic E-state index is 12.5. The summed E-state index contributed by atoms with van der Waals surface area (Å²) in [4.78, 5) is 14.5. The second kappa shape index (κ2) is 4.86. The molecule has 1 unspecified atom stereocenters. The Labute approximate surface area is 126 Å². The van der Waals surface area contributed by atoms with Gasteiger partial charge in [0.15, 0.2) is 0 Å². The van der Waals surface area contributed by atoms with E-state index in [0.29, 0.717) is 4.99 Å². The Morgan fingerprint density at radius 1 is 1.25 bits per heavy atom. The third kappa shape index (κ3) is 2.41. The van der Waals surface area contributed by atoms with E-state index in [1.807, 2.05) is 6.92 Å². The summed E-state index contributed by atoms with van der Waals surface area (Å²) in [5, 5.41) is 3.33. The van der Waals surface area contributed by atoms with E-state index in [4.69, 9.17) is 18.0 Å². The van der Waals surface area contributed by atoms with Crippen LogP contribution in [-0.4, -0.2) is 34.5 Å². The van der Waals surface area contributed by atoms with Gasteiger partial charge in [0.1, 0.15) is 0 Å². The molecule has 2 amide bonds. The number of hydrogen-bond acceptors (Lipinski definition) is 2. The van der Waals surface area contributed by atoms with E-state index in [0.717, 1.165) is 17.8 Å². The van der Waals surface area contributed by atoms with Crippen molar-refractivity contribution in [3.05, 3.63) is 0 Å². The molecule has 0 radical (unpaired) electrons. The number of carbonyl (C=O) groups excluding carboxylic acids is 1. The molecule has 1 atom stereocenters. The average molecular weight is 295 g/mol. The molecule has 0 aromatic heterocycles. The second-order valence-corrected chi connectivity index (χ2v) is 7.79. The Morgan fingerprint density at radius 3 is 2.10 bits per heavy atom. The number of likely N-dealkylation sites (N-methyl/N-ethyl adjacent to an activating group) is 1. The topological polar surface area (TPSA) is 58.4 Å². The molecule has 20 heavy (non-hydrogen) atoms. The first-order valence-electron chi connectivity index (χ1n) is 7.73. The number of amides is 2. The van der Waals surface area contributed by atoms with Crippen LogP contribution in [0.15, 0.2) is 0 Å². The maximum absolute atomic E-state index is 12.5. The molecule has 0 heterocycles. The number of thiocarbonyl (C=S) groups is 1. The third-order valence-corrected chi connectivity index (χ3v) is 6.06. The van der Waals surface area contributed by atoms with Gasteiger partial charge in [-0.3, -0.25) is 0 Å². The number of urea groups is 1. The van der Waals surface area contributed by atoms with E-state index in [1.165, 1.54) is 38.5 Å². The Morgan fingerprint density at radius 2 is 1.70 bits per heavy atom. The van der Waals surface area contributed by atoms with Gasteiger partial charge in [0.2, 0.25) is 0 Å². The van der Waals surface area contributed by atoms with Crippen LogP contribution >= 0.6 is 12.2 Å². The van der Waals surface area contributed by atoms with Crippen LogP contribution in [-0.2, 0) is 0 Å². The average Bonchev–Trinajstić information content (AvgIpc) is 2.34. The van der Waals surface area contributed by atoms with Gasteiger partial charge >= 0.3 is 6.03 Å². The fourth-order valence-electron chi connectivity index (χ4n) is 4.95. The van der Waals surface area contributed by atoms with Crippen molar-refractivity contribution >= 4 is 23.2 Å². The summed E-state index contributed by atoms with van der Waals surface area (Å²) in [5.41, 5.74) is 5.70. The highest BCUT2D eigenvalue weighted by Gasteiger charge is 2.51. The summed E-state index contributed by atoms with van der Waals surface area (Å²) in [6, 6.07) is -0.217. The summed E-state index contributed by atoms with van der Waals surface area (Å²) in [6.45, 7) is 1.88. The van der Waals surface area contributed by atoms with Crippen molar-refractivity contribution < 1.29 is 4.79 Å². The fraction of sp³-hybridized carbons (Fsp3) is 0.867. The van der Waals surface area contributed by atoms with Gasteiger partial charge in [-0.2, -0.15) is 0 Å². The molecular weight excluding hydrogens is 270 g/mol. The number of nitrogens with zero attached hydrogens (tertiary/aromatic N) is 1. The fourth-order valence-corrected chi connectivity index (χ4v) is 5.10. The van der Waals surface area contributed by atoms with E-state index >= 15 is 0 Å². The molecule has 5 heteroatoms. The highest BCUT2D eigenvalue weighted by Crippen LogP contribution is 2.55. The minimum absolute atomic E-state index is 0.0211. The van der Waals surface area contributed by atoms with E-state index in [1.54, 1.807) is 11.9 Å². The molecular formula is C15H25N3OS. The minimum atomic E-state index is -0.195. The summed E-state index contributed by atoms with van der Waals surface area (Å²) >= 11 is 4.99. The summed E-state index contributed by atoms with van der Waals surface area (Å²) in [6.07, 6.45) is 7.65. The van der Waals surface area contributed by atoms with Crippen LogP contribution in [0.2, 0.25) is 0 Å². The third-order valence-electron chi connectivity index (χ3n) is 5.72. The molecule has 4 fully saturated rings. The van der Waals surface area contributed by atoms with Gasteiger partial charge < -0.3 is 16.0 Å². The van der Waals surface area contributed by atoms with Crippen molar-refractivity contribution in [1.29, 1.82) is 0 Å². The van der Waals surface area contributed by atoms with E-state index in [-0.39, 0.29) is 17.6 Å². The minimum Gasteiger partial charge on any atom is -0.392 e. The van der Waals surface area contributed by atoms with Crippen molar-refractivity contribution in [2.24, 2.45) is 23.5 Å². The normalized spacial score (nSPS) is 39.4. The summed E-state index contributed by atoms with van der Waals surface area (Å²) in [7, 11) is 1.78. The van der Waals surface area contributed by atoms with E-state index in [9.17, 15) is 4.79 Å². The Balaban J connectivity index is 1.68. The second-order valence-electron chi connectivity index (χ2n) is 7.32. The SMILES string of the molecule is CC(C(N)=S)N(C)C(=O)NC12CC3CC(CC(C3)C1)C2. The van der Waals surface area contributed by atoms with Gasteiger partial charge in [-0.1, -0.05) is 12.2 Å². The zero-order valence-corrected chi connectivity index (χ0v) is 13.2. The molecule has 112 valence electrons. The van der Waals surface area contributed by atoms with Gasteiger partial charge in [0.25, 0.3) is 0 Å². The molecule has 4 aliphatic rings. The predicted octanol–water partition coefficient (Wildman–Crippen LogP) is 2.27. The zero-order chi connectivity index (χ0) is 14.5. The van der Waals surface area contributed by atoms with Gasteiger partial charge in [0.05, 0.1) is 11.0 Å². The highest BCUT2D eigenvalue weighted by atomic mass is 32.1. The summed E-state index contributed by atoms with van der Waals surface area (Å²) < 4.78 is 0. The van der Waals surface area contributed by atoms with Crippen LogP contribution in [0.5, 0.6) is 0 Å². The number of rotatable bonds is 3. The zero-order valence-electron chi connectivity index (χ0n) is 12.4. The molecule has 4 nitrogen and oxygen atoms in total. The number of hydrogen-bond donors (Lipinski definition) is 2. The van der Waals surface area contributed by atoms with Gasteiger partial charge in [0, 0.05) is 12.6 Å². The van der Waals surface area contributed by atoms with Gasteiger partial charge in [-0.05, 0) is 63.2 Å². The standard InChI is InChI=1S/C15H25N3OS/c1-9(13(16)20)18(2)14(19)17-15-6-10-3-11(7-15)5-12(4-10)8-15/h9-12H,3-8H2,1-2H3,(H2,16,20)(H,17,19). The molecule has 0 spiro atoms. The van der Waals surface area contributed by atoms with Crippen LogP contribution in [0.3, 0.4) is 0 Å². The monoisotopic (exact) mass is 295 g/mol. The predicted molar refractivity (Wildman–Crippen MR) is 83.4 cm³/mol. The van der Waals surface area contributed by atoms with Crippen LogP contribution in [0.25, 0.3) is 0 Å². The summed E-state index contributed by atoms with van der Waals surface area (Å²) in [5.74, 6) is 2.50. The lowest BCUT2D eigenvalue weighted by atomic mass is 9.53. The Kier molecular flexibility index (Phi) is 3.43. The van der Waals surface area contributed by atoms with Crippen molar-refractivity contribution in [3.8, 4) is 0 Å². The van der Waals surface area contributed by atoms with Crippen LogP contribution in [0, 0.1) is 17.8 Å².